The zero-order valence-corrected chi connectivity index (χ0v) is 12.0. The first-order chi connectivity index (χ1) is 8.24. The third-order valence-corrected chi connectivity index (χ3v) is 2.89. The lowest BCUT2D eigenvalue weighted by molar-refractivity contribution is 0.0705. The molecule has 0 spiro atoms. The quantitative estimate of drug-likeness (QED) is 0.748. The first kappa shape index (κ1) is 14.5. The number of benzene rings is 1. The largest absolute Gasteiger partial charge is 0.385 e. The van der Waals surface area contributed by atoms with Gasteiger partial charge in [0, 0.05) is 30.4 Å². The summed E-state index contributed by atoms with van der Waals surface area (Å²) in [6.45, 7) is 5.14. The summed E-state index contributed by atoms with van der Waals surface area (Å²) in [4.78, 5) is 0. The summed E-state index contributed by atoms with van der Waals surface area (Å²) in [5.41, 5.74) is 2.43. The van der Waals surface area contributed by atoms with Crippen LogP contribution in [-0.4, -0.2) is 33.5 Å². The molecule has 0 radical (unpaired) electrons. The highest BCUT2D eigenvalue weighted by molar-refractivity contribution is 9.10. The van der Waals surface area contributed by atoms with E-state index in [0.29, 0.717) is 13.2 Å². The van der Waals surface area contributed by atoms with Gasteiger partial charge in [0.25, 0.3) is 0 Å². The Morgan fingerprint density at radius 3 is 2.76 bits per heavy atom. The molecular formula is C13H20BrNO2. The molecule has 1 aromatic carbocycles. The van der Waals surface area contributed by atoms with Crippen molar-refractivity contribution in [3.8, 4) is 0 Å². The summed E-state index contributed by atoms with van der Waals surface area (Å²) in [5, 5.41) is 3.40. The number of nitrogens with one attached hydrogen (secondary N) is 1. The van der Waals surface area contributed by atoms with Crippen molar-refractivity contribution in [3.63, 3.8) is 0 Å². The molecule has 1 rings (SSSR count). The maximum atomic E-state index is 5.39. The van der Waals surface area contributed by atoms with Crippen molar-refractivity contribution in [2.75, 3.05) is 38.8 Å². The van der Waals surface area contributed by atoms with Gasteiger partial charge in [-0.25, -0.2) is 0 Å². The second-order valence-corrected chi connectivity index (χ2v) is 4.76. The van der Waals surface area contributed by atoms with Crippen LogP contribution in [0.5, 0.6) is 0 Å². The highest BCUT2D eigenvalue weighted by atomic mass is 79.9. The van der Waals surface area contributed by atoms with Crippen LogP contribution >= 0.6 is 15.9 Å². The smallest absolute Gasteiger partial charge is 0.0700 e. The van der Waals surface area contributed by atoms with Gasteiger partial charge >= 0.3 is 0 Å². The fourth-order valence-corrected chi connectivity index (χ4v) is 1.94. The van der Waals surface area contributed by atoms with Crippen molar-refractivity contribution in [2.45, 2.75) is 13.3 Å². The Bertz CT molecular complexity index is 331. The summed E-state index contributed by atoms with van der Waals surface area (Å²) in [5.74, 6) is 0. The number of ether oxygens (including phenoxy) is 2. The Morgan fingerprint density at radius 2 is 2.06 bits per heavy atom. The first-order valence-electron chi connectivity index (χ1n) is 5.80. The standard InChI is InChI=1S/C13H20BrNO2/c1-11-10-12(14)4-5-13(11)15-6-3-7-17-9-8-16-2/h4-5,10,15H,3,6-9H2,1-2H3. The normalized spacial score (nSPS) is 10.5. The first-order valence-corrected chi connectivity index (χ1v) is 6.60. The van der Waals surface area contributed by atoms with Crippen LogP contribution < -0.4 is 5.32 Å². The highest BCUT2D eigenvalue weighted by Crippen LogP contribution is 2.19. The van der Waals surface area contributed by atoms with Gasteiger partial charge in [0.05, 0.1) is 13.2 Å². The molecule has 0 saturated carbocycles. The van der Waals surface area contributed by atoms with Crippen molar-refractivity contribution in [2.24, 2.45) is 0 Å². The van der Waals surface area contributed by atoms with Crippen molar-refractivity contribution >= 4 is 21.6 Å². The molecule has 0 amide bonds. The molecule has 0 aromatic heterocycles. The molecule has 17 heavy (non-hydrogen) atoms. The molecule has 0 fully saturated rings. The Morgan fingerprint density at radius 1 is 1.24 bits per heavy atom. The Balaban J connectivity index is 2.14. The van der Waals surface area contributed by atoms with Gasteiger partial charge in [0.1, 0.15) is 0 Å². The van der Waals surface area contributed by atoms with E-state index in [9.17, 15) is 0 Å². The van der Waals surface area contributed by atoms with E-state index in [0.717, 1.165) is 24.0 Å². The van der Waals surface area contributed by atoms with Crippen molar-refractivity contribution < 1.29 is 9.47 Å². The second kappa shape index (κ2) is 8.50. The number of halogens is 1. The molecule has 0 heterocycles. The van der Waals surface area contributed by atoms with Gasteiger partial charge < -0.3 is 14.8 Å². The molecule has 3 nitrogen and oxygen atoms in total. The molecule has 0 saturated heterocycles. The molecule has 0 atom stereocenters. The summed E-state index contributed by atoms with van der Waals surface area (Å²) < 4.78 is 11.4. The zero-order valence-electron chi connectivity index (χ0n) is 10.5. The van der Waals surface area contributed by atoms with Gasteiger partial charge in [-0.1, -0.05) is 15.9 Å². The molecule has 0 aliphatic carbocycles. The average molecular weight is 302 g/mol. The van der Waals surface area contributed by atoms with Crippen LogP contribution in [0.1, 0.15) is 12.0 Å². The second-order valence-electron chi connectivity index (χ2n) is 3.84. The van der Waals surface area contributed by atoms with Crippen LogP contribution in [0.25, 0.3) is 0 Å². The third kappa shape index (κ3) is 6.05. The van der Waals surface area contributed by atoms with E-state index in [2.05, 4.69) is 40.3 Å². The molecule has 1 N–H and O–H groups in total. The molecule has 0 unspecified atom stereocenters. The van der Waals surface area contributed by atoms with Crippen LogP contribution in [-0.2, 0) is 9.47 Å². The topological polar surface area (TPSA) is 30.5 Å². The van der Waals surface area contributed by atoms with Crippen LogP contribution in [0.2, 0.25) is 0 Å². The number of hydrogen-bond acceptors (Lipinski definition) is 3. The molecule has 0 aliphatic heterocycles. The summed E-state index contributed by atoms with van der Waals surface area (Å²) in [7, 11) is 1.68. The van der Waals surface area contributed by atoms with Crippen LogP contribution in [0.4, 0.5) is 5.69 Å². The fraction of sp³-hybridized carbons (Fsp3) is 0.538. The minimum Gasteiger partial charge on any atom is -0.385 e. The molecule has 0 bridgehead atoms. The van der Waals surface area contributed by atoms with Gasteiger partial charge in [-0.2, -0.15) is 0 Å². The van der Waals surface area contributed by atoms with Gasteiger partial charge in [0.15, 0.2) is 0 Å². The summed E-state index contributed by atoms with van der Waals surface area (Å²) in [6, 6.07) is 6.24. The van der Waals surface area contributed by atoms with E-state index in [1.54, 1.807) is 7.11 Å². The summed E-state index contributed by atoms with van der Waals surface area (Å²) in [6.07, 6.45) is 0.999. The lowest BCUT2D eigenvalue weighted by Gasteiger charge is -2.10. The summed E-state index contributed by atoms with van der Waals surface area (Å²) >= 11 is 3.45. The number of anilines is 1. The van der Waals surface area contributed by atoms with Gasteiger partial charge in [-0.05, 0) is 37.1 Å². The van der Waals surface area contributed by atoms with Crippen LogP contribution in [0.3, 0.4) is 0 Å². The number of rotatable bonds is 8. The van der Waals surface area contributed by atoms with E-state index in [4.69, 9.17) is 9.47 Å². The maximum absolute atomic E-state index is 5.39. The highest BCUT2D eigenvalue weighted by Gasteiger charge is 1.97. The minimum atomic E-state index is 0.666. The number of hydrogen-bond donors (Lipinski definition) is 1. The molecule has 0 aliphatic rings. The van der Waals surface area contributed by atoms with Crippen LogP contribution in [0, 0.1) is 6.92 Å². The van der Waals surface area contributed by atoms with Crippen LogP contribution in [0.15, 0.2) is 22.7 Å². The molecule has 96 valence electrons. The average Bonchev–Trinajstić information content (AvgIpc) is 2.30. The Kier molecular flexibility index (Phi) is 7.24. The van der Waals surface area contributed by atoms with E-state index >= 15 is 0 Å². The fourth-order valence-electron chi connectivity index (χ4n) is 1.47. The van der Waals surface area contributed by atoms with E-state index < -0.39 is 0 Å². The van der Waals surface area contributed by atoms with Gasteiger partial charge in [-0.15, -0.1) is 0 Å². The van der Waals surface area contributed by atoms with Crippen molar-refractivity contribution in [1.29, 1.82) is 0 Å². The lowest BCUT2D eigenvalue weighted by Crippen LogP contribution is -2.08. The van der Waals surface area contributed by atoms with E-state index in [-0.39, 0.29) is 0 Å². The number of methoxy groups -OCH3 is 1. The molecule has 1 aromatic rings. The van der Waals surface area contributed by atoms with Gasteiger partial charge in [-0.3, -0.25) is 0 Å². The Hall–Kier alpha value is -0.580. The minimum absolute atomic E-state index is 0.666. The number of aryl methyl sites for hydroxylation is 1. The maximum Gasteiger partial charge on any atom is 0.0700 e. The lowest BCUT2D eigenvalue weighted by atomic mass is 10.2. The monoisotopic (exact) mass is 301 g/mol. The third-order valence-electron chi connectivity index (χ3n) is 2.40. The van der Waals surface area contributed by atoms with Crippen molar-refractivity contribution in [3.05, 3.63) is 28.2 Å². The van der Waals surface area contributed by atoms with Crippen molar-refractivity contribution in [1.82, 2.24) is 0 Å². The zero-order chi connectivity index (χ0) is 12.5. The predicted octanol–water partition coefficient (Wildman–Crippen LogP) is 3.22. The SMILES string of the molecule is COCCOCCCNc1ccc(Br)cc1C. The van der Waals surface area contributed by atoms with E-state index in [1.165, 1.54) is 11.3 Å². The Labute approximate surface area is 112 Å². The molecular weight excluding hydrogens is 282 g/mol. The predicted molar refractivity (Wildman–Crippen MR) is 74.7 cm³/mol. The van der Waals surface area contributed by atoms with Gasteiger partial charge in [0.2, 0.25) is 0 Å². The van der Waals surface area contributed by atoms with E-state index in [1.807, 2.05) is 6.07 Å². The molecule has 4 heteroatoms.